The van der Waals surface area contributed by atoms with Crippen molar-refractivity contribution in [3.05, 3.63) is 53.6 Å². The van der Waals surface area contributed by atoms with E-state index in [1.807, 2.05) is 4.90 Å². The van der Waals surface area contributed by atoms with Gasteiger partial charge in [0, 0.05) is 37.3 Å². The van der Waals surface area contributed by atoms with E-state index >= 15 is 0 Å². The van der Waals surface area contributed by atoms with E-state index in [2.05, 4.69) is 5.32 Å². The standard InChI is InChI=1S/C22H22F3N3O2/c23-22(24,25)16-7-10-19(27-11-1-2-12-27)18(14-16)26-21(30)15-5-8-17(9-6-15)28-13-3-4-20(28)29/h5-10,14H,1-4,11-13H2,(H,26,30). The molecular formula is C22H22F3N3O2. The lowest BCUT2D eigenvalue weighted by Crippen LogP contribution is -2.24. The highest BCUT2D eigenvalue weighted by Crippen LogP contribution is 2.36. The van der Waals surface area contributed by atoms with E-state index < -0.39 is 17.6 Å². The molecule has 2 aromatic carbocycles. The molecule has 5 nitrogen and oxygen atoms in total. The van der Waals surface area contributed by atoms with Gasteiger partial charge >= 0.3 is 6.18 Å². The van der Waals surface area contributed by atoms with Crippen molar-refractivity contribution in [2.24, 2.45) is 0 Å². The molecule has 0 radical (unpaired) electrons. The topological polar surface area (TPSA) is 52.7 Å². The second-order valence-electron chi connectivity index (χ2n) is 7.57. The summed E-state index contributed by atoms with van der Waals surface area (Å²) in [5, 5.41) is 2.65. The van der Waals surface area contributed by atoms with Crippen LogP contribution in [0.5, 0.6) is 0 Å². The number of alkyl halides is 3. The van der Waals surface area contributed by atoms with Crippen LogP contribution in [0, 0.1) is 0 Å². The van der Waals surface area contributed by atoms with Crippen molar-refractivity contribution in [2.45, 2.75) is 31.9 Å². The average Bonchev–Trinajstić information content (AvgIpc) is 3.39. The van der Waals surface area contributed by atoms with Crippen LogP contribution in [0.4, 0.5) is 30.2 Å². The average molecular weight is 417 g/mol. The molecule has 0 aromatic heterocycles. The largest absolute Gasteiger partial charge is 0.416 e. The molecule has 4 rings (SSSR count). The predicted molar refractivity (Wildman–Crippen MR) is 109 cm³/mol. The van der Waals surface area contributed by atoms with Crippen LogP contribution in [0.25, 0.3) is 0 Å². The van der Waals surface area contributed by atoms with E-state index in [4.69, 9.17) is 0 Å². The molecule has 0 unspecified atom stereocenters. The van der Waals surface area contributed by atoms with Crippen molar-refractivity contribution in [1.29, 1.82) is 0 Å². The molecule has 2 aliphatic heterocycles. The van der Waals surface area contributed by atoms with Crippen LogP contribution in [-0.2, 0) is 11.0 Å². The maximum absolute atomic E-state index is 13.2. The summed E-state index contributed by atoms with van der Waals surface area (Å²) in [5.74, 6) is -0.444. The van der Waals surface area contributed by atoms with E-state index in [9.17, 15) is 22.8 Å². The molecule has 0 saturated carbocycles. The molecule has 158 valence electrons. The fraction of sp³-hybridized carbons (Fsp3) is 0.364. The van der Waals surface area contributed by atoms with Crippen LogP contribution in [-0.4, -0.2) is 31.4 Å². The summed E-state index contributed by atoms with van der Waals surface area (Å²) in [4.78, 5) is 28.3. The van der Waals surface area contributed by atoms with Gasteiger partial charge in [-0.25, -0.2) is 0 Å². The lowest BCUT2D eigenvalue weighted by molar-refractivity contribution is -0.137. The Morgan fingerprint density at radius 1 is 0.933 bits per heavy atom. The minimum Gasteiger partial charge on any atom is -0.370 e. The summed E-state index contributed by atoms with van der Waals surface area (Å²) in [7, 11) is 0. The number of carbonyl (C=O) groups excluding carboxylic acids is 2. The van der Waals surface area contributed by atoms with E-state index in [0.29, 0.717) is 29.9 Å². The Hall–Kier alpha value is -3.03. The van der Waals surface area contributed by atoms with E-state index in [1.54, 1.807) is 29.2 Å². The third kappa shape index (κ3) is 4.13. The van der Waals surface area contributed by atoms with Gasteiger partial charge < -0.3 is 15.1 Å². The molecular weight excluding hydrogens is 395 g/mol. The van der Waals surface area contributed by atoms with Crippen molar-refractivity contribution in [2.75, 3.05) is 34.8 Å². The molecule has 0 aliphatic carbocycles. The number of amides is 2. The maximum atomic E-state index is 13.2. The van der Waals surface area contributed by atoms with Crippen molar-refractivity contribution < 1.29 is 22.8 Å². The highest BCUT2D eigenvalue weighted by molar-refractivity contribution is 6.06. The van der Waals surface area contributed by atoms with Crippen LogP contribution in [0.2, 0.25) is 0 Å². The summed E-state index contributed by atoms with van der Waals surface area (Å²) in [6.45, 7) is 2.13. The van der Waals surface area contributed by atoms with Crippen LogP contribution in [0.3, 0.4) is 0 Å². The molecule has 8 heteroatoms. The lowest BCUT2D eigenvalue weighted by atomic mass is 10.1. The Bertz CT molecular complexity index is 951. The lowest BCUT2D eigenvalue weighted by Gasteiger charge is -2.23. The highest BCUT2D eigenvalue weighted by Gasteiger charge is 2.32. The summed E-state index contributed by atoms with van der Waals surface area (Å²) in [6.07, 6.45) is -1.25. The summed E-state index contributed by atoms with van der Waals surface area (Å²) < 4.78 is 39.6. The molecule has 2 aromatic rings. The minimum atomic E-state index is -4.49. The first kappa shape index (κ1) is 20.3. The maximum Gasteiger partial charge on any atom is 0.416 e. The monoisotopic (exact) mass is 417 g/mol. The summed E-state index contributed by atoms with van der Waals surface area (Å²) in [6, 6.07) is 10.00. The molecule has 30 heavy (non-hydrogen) atoms. The highest BCUT2D eigenvalue weighted by atomic mass is 19.4. The predicted octanol–water partition coefficient (Wildman–Crippen LogP) is 4.68. The molecule has 0 spiro atoms. The Balaban J connectivity index is 1.57. The van der Waals surface area contributed by atoms with Crippen molar-refractivity contribution in [1.82, 2.24) is 0 Å². The molecule has 2 saturated heterocycles. The van der Waals surface area contributed by atoms with Crippen molar-refractivity contribution in [3.63, 3.8) is 0 Å². The van der Waals surface area contributed by atoms with Gasteiger partial charge in [-0.15, -0.1) is 0 Å². The second-order valence-corrected chi connectivity index (χ2v) is 7.57. The Morgan fingerprint density at radius 3 is 2.23 bits per heavy atom. The second kappa shape index (κ2) is 8.01. The van der Waals surface area contributed by atoms with E-state index in [-0.39, 0.29) is 11.6 Å². The zero-order valence-corrected chi connectivity index (χ0v) is 16.3. The number of nitrogens with zero attached hydrogens (tertiary/aromatic N) is 2. The zero-order chi connectivity index (χ0) is 21.3. The van der Waals surface area contributed by atoms with Gasteiger partial charge in [0.1, 0.15) is 0 Å². The molecule has 2 aliphatic rings. The molecule has 2 amide bonds. The Kier molecular flexibility index (Phi) is 5.40. The first-order valence-corrected chi connectivity index (χ1v) is 10.0. The fourth-order valence-electron chi connectivity index (χ4n) is 3.95. The quantitative estimate of drug-likeness (QED) is 0.786. The van der Waals surface area contributed by atoms with Gasteiger partial charge in [-0.3, -0.25) is 9.59 Å². The van der Waals surface area contributed by atoms with E-state index in [0.717, 1.165) is 44.5 Å². The number of benzene rings is 2. The number of carbonyl (C=O) groups is 2. The molecule has 2 heterocycles. The number of hydrogen-bond acceptors (Lipinski definition) is 3. The number of anilines is 3. The summed E-state index contributed by atoms with van der Waals surface area (Å²) in [5.41, 5.74) is 0.966. The van der Waals surface area contributed by atoms with Crippen LogP contribution in [0.1, 0.15) is 41.6 Å². The normalized spacial score (nSPS) is 17.0. The van der Waals surface area contributed by atoms with Crippen molar-refractivity contribution >= 4 is 28.9 Å². The van der Waals surface area contributed by atoms with Gasteiger partial charge in [0.2, 0.25) is 5.91 Å². The molecule has 2 fully saturated rings. The van der Waals surface area contributed by atoms with Gasteiger partial charge in [0.15, 0.2) is 0 Å². The minimum absolute atomic E-state index is 0.0476. The molecule has 1 N–H and O–H groups in total. The number of halogens is 3. The fourth-order valence-corrected chi connectivity index (χ4v) is 3.95. The number of hydrogen-bond donors (Lipinski definition) is 1. The number of nitrogens with one attached hydrogen (secondary N) is 1. The first-order chi connectivity index (χ1) is 14.3. The zero-order valence-electron chi connectivity index (χ0n) is 16.3. The van der Waals surface area contributed by atoms with E-state index in [1.165, 1.54) is 6.07 Å². The SMILES string of the molecule is O=C(Nc1cc(C(F)(F)F)ccc1N1CCCC1)c1ccc(N2CCCC2=O)cc1. The van der Waals surface area contributed by atoms with Crippen LogP contribution >= 0.6 is 0 Å². The Morgan fingerprint density at radius 2 is 1.63 bits per heavy atom. The van der Waals surface area contributed by atoms with Gasteiger partial charge in [-0.2, -0.15) is 13.2 Å². The number of rotatable bonds is 4. The summed E-state index contributed by atoms with van der Waals surface area (Å²) >= 11 is 0. The van der Waals surface area contributed by atoms with Gasteiger partial charge in [0.05, 0.1) is 16.9 Å². The van der Waals surface area contributed by atoms with Gasteiger partial charge in [-0.05, 0) is 61.7 Å². The van der Waals surface area contributed by atoms with Gasteiger partial charge in [0.25, 0.3) is 5.91 Å². The molecule has 0 atom stereocenters. The third-order valence-electron chi connectivity index (χ3n) is 5.53. The van der Waals surface area contributed by atoms with Crippen LogP contribution < -0.4 is 15.1 Å². The molecule has 0 bridgehead atoms. The van der Waals surface area contributed by atoms with Gasteiger partial charge in [-0.1, -0.05) is 0 Å². The first-order valence-electron chi connectivity index (χ1n) is 10.0. The third-order valence-corrected chi connectivity index (χ3v) is 5.53. The smallest absolute Gasteiger partial charge is 0.370 e. The van der Waals surface area contributed by atoms with Crippen molar-refractivity contribution in [3.8, 4) is 0 Å². The van der Waals surface area contributed by atoms with Crippen LogP contribution in [0.15, 0.2) is 42.5 Å². The Labute approximate surface area is 172 Å².